The van der Waals surface area contributed by atoms with Gasteiger partial charge in [0.25, 0.3) is 0 Å². The number of hydrogen-bond donors (Lipinski definition) is 1. The minimum atomic E-state index is -0.0641. The van der Waals surface area contributed by atoms with Crippen molar-refractivity contribution >= 4 is 33.4 Å². The predicted molar refractivity (Wildman–Crippen MR) is 122 cm³/mol. The molecule has 1 aromatic heterocycles. The fraction of sp³-hybridized carbons (Fsp3) is 0. The summed E-state index contributed by atoms with van der Waals surface area (Å²) in [7, 11) is 0. The van der Waals surface area contributed by atoms with Crippen LogP contribution in [0.3, 0.4) is 0 Å². The van der Waals surface area contributed by atoms with Gasteiger partial charge in [-0.1, -0.05) is 72.8 Å². The molecule has 4 aromatic carbocycles. The number of benzene rings is 4. The first-order chi connectivity index (χ1) is 15.1. The highest BCUT2D eigenvalue weighted by atomic mass is 16.1. The van der Waals surface area contributed by atoms with E-state index in [2.05, 4.69) is 4.98 Å². The molecule has 4 heteroatoms. The van der Waals surface area contributed by atoms with Crippen LogP contribution in [-0.4, -0.2) is 16.6 Å². The van der Waals surface area contributed by atoms with Crippen LogP contribution in [0.5, 0.6) is 0 Å². The monoisotopic (exact) mass is 403 g/mol. The summed E-state index contributed by atoms with van der Waals surface area (Å²) in [6, 6.07) is 29.0. The number of aromatic nitrogens is 1. The molecule has 1 aliphatic rings. The Bertz CT molecular complexity index is 1380. The number of carbonyl (C=O) groups excluding carboxylic acids is 2. The number of ketones is 2. The Balaban J connectivity index is 0.000000132. The van der Waals surface area contributed by atoms with Crippen LogP contribution in [0.2, 0.25) is 0 Å². The van der Waals surface area contributed by atoms with Crippen LogP contribution in [0.1, 0.15) is 31.8 Å². The lowest BCUT2D eigenvalue weighted by atomic mass is 9.84. The zero-order valence-electron chi connectivity index (χ0n) is 16.5. The molecule has 0 radical (unpaired) electrons. The van der Waals surface area contributed by atoms with E-state index in [-0.39, 0.29) is 17.0 Å². The number of fused-ring (bicyclic) bond motifs is 4. The molecule has 1 heterocycles. The third-order valence-corrected chi connectivity index (χ3v) is 5.45. The molecule has 5 aromatic rings. The third kappa shape index (κ3) is 3.15. The molecule has 0 saturated heterocycles. The van der Waals surface area contributed by atoms with Crippen LogP contribution in [0.25, 0.3) is 21.8 Å². The molecule has 0 aliphatic heterocycles. The first-order valence-electron chi connectivity index (χ1n) is 9.92. The summed E-state index contributed by atoms with van der Waals surface area (Å²) in [4.78, 5) is 39.5. The van der Waals surface area contributed by atoms with Crippen LogP contribution in [0.15, 0.2) is 102 Å². The van der Waals surface area contributed by atoms with E-state index in [0.717, 1.165) is 21.8 Å². The lowest BCUT2D eigenvalue weighted by Crippen LogP contribution is -2.20. The van der Waals surface area contributed by atoms with Gasteiger partial charge in [0.05, 0.1) is 0 Å². The van der Waals surface area contributed by atoms with Crippen LogP contribution in [-0.2, 0) is 0 Å². The van der Waals surface area contributed by atoms with Gasteiger partial charge in [-0.05, 0) is 24.3 Å². The van der Waals surface area contributed by atoms with E-state index < -0.39 is 0 Å². The Morgan fingerprint density at radius 2 is 0.742 bits per heavy atom. The van der Waals surface area contributed by atoms with Gasteiger partial charge in [0.1, 0.15) is 0 Å². The average molecular weight is 403 g/mol. The molecule has 0 fully saturated rings. The maximum Gasteiger partial charge on any atom is 0.197 e. The summed E-state index contributed by atoms with van der Waals surface area (Å²) in [6.45, 7) is 0. The fourth-order valence-corrected chi connectivity index (χ4v) is 3.92. The topological polar surface area (TPSA) is 67.0 Å². The van der Waals surface area contributed by atoms with Crippen LogP contribution in [0, 0.1) is 0 Å². The number of aromatic amines is 1. The number of rotatable bonds is 0. The van der Waals surface area contributed by atoms with E-state index in [9.17, 15) is 14.4 Å². The van der Waals surface area contributed by atoms with Gasteiger partial charge in [0.15, 0.2) is 17.0 Å². The Kier molecular flexibility index (Phi) is 4.53. The lowest BCUT2D eigenvalue weighted by Gasteiger charge is -2.16. The van der Waals surface area contributed by atoms with Crippen molar-refractivity contribution in [2.45, 2.75) is 0 Å². The van der Waals surface area contributed by atoms with Crippen LogP contribution < -0.4 is 5.43 Å². The van der Waals surface area contributed by atoms with Gasteiger partial charge in [-0.2, -0.15) is 0 Å². The maximum atomic E-state index is 12.1. The molecule has 0 amide bonds. The lowest BCUT2D eigenvalue weighted by molar-refractivity contribution is 0.0979. The van der Waals surface area contributed by atoms with Crippen molar-refractivity contribution < 1.29 is 9.59 Å². The van der Waals surface area contributed by atoms with Crippen molar-refractivity contribution in [2.75, 3.05) is 0 Å². The van der Waals surface area contributed by atoms with E-state index in [0.29, 0.717) is 22.3 Å². The van der Waals surface area contributed by atoms with Gasteiger partial charge in [0.2, 0.25) is 0 Å². The highest BCUT2D eigenvalue weighted by molar-refractivity contribution is 6.28. The van der Waals surface area contributed by atoms with Crippen molar-refractivity contribution in [3.8, 4) is 0 Å². The largest absolute Gasteiger partial charge is 0.354 e. The number of hydrogen-bond acceptors (Lipinski definition) is 3. The van der Waals surface area contributed by atoms with E-state index in [1.54, 1.807) is 48.5 Å². The Morgan fingerprint density at radius 3 is 1.13 bits per heavy atom. The SMILES string of the molecule is O=C1c2ccccc2C(=O)c2ccccc21.O=c1c2ccccc2[nH]c2ccccc12. The summed E-state index contributed by atoms with van der Waals surface area (Å²) in [6.07, 6.45) is 0. The minimum absolute atomic E-state index is 0.0641. The van der Waals surface area contributed by atoms with Gasteiger partial charge in [0, 0.05) is 44.1 Å². The van der Waals surface area contributed by atoms with Gasteiger partial charge in [-0.25, -0.2) is 0 Å². The minimum Gasteiger partial charge on any atom is -0.354 e. The normalized spacial score (nSPS) is 12.1. The zero-order chi connectivity index (χ0) is 21.4. The van der Waals surface area contributed by atoms with Crippen LogP contribution in [0.4, 0.5) is 0 Å². The van der Waals surface area contributed by atoms with Crippen molar-refractivity contribution in [1.82, 2.24) is 4.98 Å². The third-order valence-electron chi connectivity index (χ3n) is 5.45. The second-order valence-corrected chi connectivity index (χ2v) is 7.29. The zero-order valence-corrected chi connectivity index (χ0v) is 16.5. The van der Waals surface area contributed by atoms with Crippen molar-refractivity contribution in [1.29, 1.82) is 0 Å². The van der Waals surface area contributed by atoms with E-state index in [1.807, 2.05) is 48.5 Å². The number of pyridine rings is 1. The summed E-state index contributed by atoms with van der Waals surface area (Å²) >= 11 is 0. The second kappa shape index (κ2) is 7.50. The van der Waals surface area contributed by atoms with Crippen molar-refractivity contribution in [3.63, 3.8) is 0 Å². The highest BCUT2D eigenvalue weighted by Gasteiger charge is 2.28. The Labute approximate surface area is 177 Å². The molecule has 4 nitrogen and oxygen atoms in total. The standard InChI is InChI=1S/C14H8O2.C13H9NO/c15-13-9-5-1-2-6-10(9)14(16)12-8-4-3-7-11(12)13;15-13-9-5-1-3-7-11(9)14-12-8-4-2-6-10(12)13/h1-8H;1-8H,(H,14,15). The van der Waals surface area contributed by atoms with Gasteiger partial charge >= 0.3 is 0 Å². The molecule has 1 aliphatic carbocycles. The van der Waals surface area contributed by atoms with E-state index in [4.69, 9.17) is 0 Å². The van der Waals surface area contributed by atoms with Crippen molar-refractivity contribution in [2.24, 2.45) is 0 Å². The first kappa shape index (κ1) is 18.7. The molecule has 1 N–H and O–H groups in total. The van der Waals surface area contributed by atoms with Gasteiger partial charge in [-0.3, -0.25) is 14.4 Å². The Hall–Kier alpha value is -4.31. The van der Waals surface area contributed by atoms with Gasteiger partial charge < -0.3 is 4.98 Å². The fourth-order valence-electron chi connectivity index (χ4n) is 3.92. The quantitative estimate of drug-likeness (QED) is 0.357. The number of para-hydroxylation sites is 2. The summed E-state index contributed by atoms with van der Waals surface area (Å²) < 4.78 is 0. The van der Waals surface area contributed by atoms with Crippen LogP contribution >= 0.6 is 0 Å². The molecular formula is C27H17NO3. The molecule has 0 saturated carbocycles. The molecule has 0 spiro atoms. The Morgan fingerprint density at radius 1 is 0.419 bits per heavy atom. The number of carbonyl (C=O) groups is 2. The second-order valence-electron chi connectivity index (χ2n) is 7.29. The molecule has 0 bridgehead atoms. The smallest absolute Gasteiger partial charge is 0.197 e. The summed E-state index contributed by atoms with van der Waals surface area (Å²) in [5, 5.41) is 1.49. The molecule has 0 atom stereocenters. The van der Waals surface area contributed by atoms with E-state index >= 15 is 0 Å². The summed E-state index contributed by atoms with van der Waals surface area (Å²) in [5.74, 6) is -0.128. The predicted octanol–water partition coefficient (Wildman–Crippen LogP) is 5.14. The first-order valence-corrected chi connectivity index (χ1v) is 9.92. The molecule has 6 rings (SSSR count). The van der Waals surface area contributed by atoms with E-state index in [1.165, 1.54) is 0 Å². The van der Waals surface area contributed by atoms with Crippen molar-refractivity contribution in [3.05, 3.63) is 130 Å². The molecule has 148 valence electrons. The summed E-state index contributed by atoms with van der Waals surface area (Å²) in [5.41, 5.74) is 3.90. The number of nitrogens with one attached hydrogen (secondary N) is 1. The average Bonchev–Trinajstić information content (AvgIpc) is 2.83. The molecule has 31 heavy (non-hydrogen) atoms. The molecule has 0 unspecified atom stereocenters. The molecular weight excluding hydrogens is 386 g/mol. The highest BCUT2D eigenvalue weighted by Crippen LogP contribution is 2.26. The number of H-pyrrole nitrogens is 1. The maximum absolute atomic E-state index is 12.1. The van der Waals surface area contributed by atoms with Gasteiger partial charge in [-0.15, -0.1) is 0 Å².